The number of amides is 1. The topological polar surface area (TPSA) is 134 Å². The fourth-order valence-corrected chi connectivity index (χ4v) is 6.02. The number of para-hydroxylation sites is 1. The molecule has 4 aromatic rings. The van der Waals surface area contributed by atoms with Gasteiger partial charge in [-0.3, -0.25) is 14.6 Å². The van der Waals surface area contributed by atoms with Gasteiger partial charge in [-0.15, -0.1) is 0 Å². The van der Waals surface area contributed by atoms with Crippen molar-refractivity contribution in [3.63, 3.8) is 0 Å². The zero-order chi connectivity index (χ0) is 31.2. The van der Waals surface area contributed by atoms with Crippen molar-refractivity contribution < 1.29 is 29.4 Å². The first-order valence-corrected chi connectivity index (χ1v) is 14.1. The molecule has 0 spiro atoms. The number of carbonyl (C=O) groups is 4. The Bertz CT molecular complexity index is 1880. The molecule has 0 aliphatic rings. The smallest absolute Gasteiger partial charge is 0.338 e. The molecule has 3 N–H and O–H groups in total. The van der Waals surface area contributed by atoms with Gasteiger partial charge in [-0.2, -0.15) is 0 Å². The molecule has 0 unspecified atom stereocenters. The number of Topliss-reactive ketones (excluding diaryl/α,β-unsaturated/α-hetero) is 1. The van der Waals surface area contributed by atoms with Crippen molar-refractivity contribution in [3.8, 4) is 0 Å². The number of rotatable bonds is 7. The van der Waals surface area contributed by atoms with Crippen molar-refractivity contribution in [1.82, 2.24) is 4.98 Å². The molecular weight excluding hydrogens is 720 g/mol. The van der Waals surface area contributed by atoms with E-state index >= 15 is 0 Å². The van der Waals surface area contributed by atoms with E-state index < -0.39 is 72.4 Å². The molecule has 3 aromatic carbocycles. The third-order valence-corrected chi connectivity index (χ3v) is 9.44. The number of nitrogens with one attached hydrogen (secondary N) is 1. The Kier molecular flexibility index (Phi) is 9.72. The van der Waals surface area contributed by atoms with E-state index in [1.165, 1.54) is 12.1 Å². The summed E-state index contributed by atoms with van der Waals surface area (Å²) >= 11 is 48.5. The molecule has 16 heteroatoms. The van der Waals surface area contributed by atoms with E-state index in [4.69, 9.17) is 92.8 Å². The summed E-state index contributed by atoms with van der Waals surface area (Å²) in [6, 6.07) is 7.80. The predicted molar refractivity (Wildman–Crippen MR) is 165 cm³/mol. The lowest BCUT2D eigenvalue weighted by atomic mass is 9.99. The Labute approximate surface area is 275 Å². The Balaban J connectivity index is 1.77. The SMILES string of the molecule is O=C(O)c1c(Cl)c(Cl)c(Cl)c(Cl)c1C(=O)Cc1ccc2cccc(NC(=O)c3c(Cl)c(Cl)c(Cl)c(Cl)c3C(=O)O)c2n1. The van der Waals surface area contributed by atoms with Gasteiger partial charge >= 0.3 is 11.9 Å². The van der Waals surface area contributed by atoms with E-state index in [0.29, 0.717) is 5.39 Å². The predicted octanol–water partition coefficient (Wildman–Crippen LogP) is 9.54. The second kappa shape index (κ2) is 12.6. The van der Waals surface area contributed by atoms with Crippen molar-refractivity contribution >= 4 is 133 Å². The van der Waals surface area contributed by atoms with Crippen LogP contribution in [0.3, 0.4) is 0 Å². The Morgan fingerprint density at radius 1 is 0.619 bits per heavy atom. The zero-order valence-corrected chi connectivity index (χ0v) is 26.1. The highest BCUT2D eigenvalue weighted by Gasteiger charge is 2.30. The number of hydrogen-bond acceptors (Lipinski definition) is 5. The van der Waals surface area contributed by atoms with E-state index in [1.807, 2.05) is 0 Å². The quantitative estimate of drug-likeness (QED) is 0.0980. The molecule has 1 amide bonds. The molecule has 0 atom stereocenters. The first kappa shape index (κ1) is 32.4. The zero-order valence-electron chi connectivity index (χ0n) is 20.1. The van der Waals surface area contributed by atoms with E-state index in [-0.39, 0.29) is 37.0 Å². The van der Waals surface area contributed by atoms with E-state index in [1.54, 1.807) is 18.2 Å². The summed E-state index contributed by atoms with van der Waals surface area (Å²) in [5.41, 5.74) is -1.86. The number of fused-ring (bicyclic) bond motifs is 1. The molecule has 0 radical (unpaired) electrons. The number of carboxylic acid groups (broad SMARTS) is 2. The van der Waals surface area contributed by atoms with Crippen molar-refractivity contribution in [1.29, 1.82) is 0 Å². The molecule has 216 valence electrons. The van der Waals surface area contributed by atoms with Gasteiger partial charge < -0.3 is 15.5 Å². The van der Waals surface area contributed by atoms with Gasteiger partial charge in [0.2, 0.25) is 0 Å². The lowest BCUT2D eigenvalue weighted by Crippen LogP contribution is -2.18. The van der Waals surface area contributed by atoms with Crippen LogP contribution in [0.2, 0.25) is 40.2 Å². The van der Waals surface area contributed by atoms with Crippen molar-refractivity contribution in [2.24, 2.45) is 0 Å². The van der Waals surface area contributed by atoms with Crippen LogP contribution in [-0.2, 0) is 6.42 Å². The second-order valence-electron chi connectivity index (χ2n) is 8.36. The standard InChI is InChI=1S/C26H10Cl8N2O6/c27-15-11(13(25(39)40)17(29)21(33)19(15)31)10(37)6-8-5-4-7-2-1-3-9(23(7)35-8)36-24(38)12-14(26(41)42)18(30)22(34)20(32)16(12)28/h1-5H,6H2,(H,36,38)(H,39,40)(H,41,42). The van der Waals surface area contributed by atoms with E-state index in [2.05, 4.69) is 10.3 Å². The number of aromatic carboxylic acids is 2. The lowest BCUT2D eigenvalue weighted by Gasteiger charge is -2.15. The molecule has 0 saturated heterocycles. The average molecular weight is 730 g/mol. The molecule has 4 rings (SSSR count). The molecular formula is C26H10Cl8N2O6. The number of anilines is 1. The summed E-state index contributed by atoms with van der Waals surface area (Å²) in [7, 11) is 0. The van der Waals surface area contributed by atoms with Gasteiger partial charge in [0.05, 0.1) is 80.1 Å². The molecule has 0 bridgehead atoms. The number of aromatic nitrogens is 1. The first-order valence-electron chi connectivity index (χ1n) is 11.1. The van der Waals surface area contributed by atoms with Gasteiger partial charge in [-0.1, -0.05) is 111 Å². The summed E-state index contributed by atoms with van der Waals surface area (Å²) in [5.74, 6) is -4.90. The minimum absolute atomic E-state index is 0.100. The van der Waals surface area contributed by atoms with Gasteiger partial charge in [0.25, 0.3) is 5.91 Å². The van der Waals surface area contributed by atoms with E-state index in [0.717, 1.165) is 0 Å². The summed E-state index contributed by atoms with van der Waals surface area (Å²) in [6.07, 6.45) is -0.454. The van der Waals surface area contributed by atoms with Crippen LogP contribution in [0.1, 0.15) is 47.1 Å². The van der Waals surface area contributed by atoms with Crippen molar-refractivity contribution in [2.45, 2.75) is 6.42 Å². The number of halogens is 8. The maximum Gasteiger partial charge on any atom is 0.338 e. The number of nitrogens with zero attached hydrogens (tertiary/aromatic N) is 1. The molecule has 8 nitrogen and oxygen atoms in total. The highest BCUT2D eigenvalue weighted by molar-refractivity contribution is 6.55. The molecule has 42 heavy (non-hydrogen) atoms. The summed E-state index contributed by atoms with van der Waals surface area (Å²) in [4.78, 5) is 54.8. The third-order valence-electron chi connectivity index (χ3n) is 5.84. The number of carboxylic acids is 2. The maximum atomic E-state index is 13.3. The van der Waals surface area contributed by atoms with Crippen LogP contribution >= 0.6 is 92.8 Å². The number of pyridine rings is 1. The minimum atomic E-state index is -1.58. The lowest BCUT2D eigenvalue weighted by molar-refractivity contribution is 0.0683. The molecule has 1 heterocycles. The number of ketones is 1. The van der Waals surface area contributed by atoms with Crippen LogP contribution in [0.25, 0.3) is 10.9 Å². The number of carbonyl (C=O) groups excluding carboxylic acids is 2. The molecule has 0 aliphatic heterocycles. The molecule has 0 fully saturated rings. The molecule has 0 saturated carbocycles. The van der Waals surface area contributed by atoms with Crippen LogP contribution in [-0.4, -0.2) is 38.8 Å². The van der Waals surface area contributed by atoms with Crippen molar-refractivity contribution in [3.05, 3.63) is 98.5 Å². The monoisotopic (exact) mass is 726 g/mol. The maximum absolute atomic E-state index is 13.3. The first-order chi connectivity index (χ1) is 19.7. The highest BCUT2D eigenvalue weighted by atomic mass is 35.5. The molecule has 0 aliphatic carbocycles. The van der Waals surface area contributed by atoms with Gasteiger partial charge in [-0.25, -0.2) is 9.59 Å². The van der Waals surface area contributed by atoms with Gasteiger partial charge in [0, 0.05) is 11.1 Å². The minimum Gasteiger partial charge on any atom is -0.478 e. The Hall–Kier alpha value is -2.53. The fraction of sp³-hybridized carbons (Fsp3) is 0.0385. The number of benzene rings is 3. The number of hydrogen-bond donors (Lipinski definition) is 3. The van der Waals surface area contributed by atoms with Crippen molar-refractivity contribution in [2.75, 3.05) is 5.32 Å². The highest BCUT2D eigenvalue weighted by Crippen LogP contribution is 2.43. The normalized spacial score (nSPS) is 11.0. The van der Waals surface area contributed by atoms with Crippen LogP contribution in [0.5, 0.6) is 0 Å². The van der Waals surface area contributed by atoms with Crippen LogP contribution < -0.4 is 5.32 Å². The molecule has 1 aromatic heterocycles. The Morgan fingerprint density at radius 3 is 1.62 bits per heavy atom. The summed E-state index contributed by atoms with van der Waals surface area (Å²) in [5, 5.41) is 19.3. The van der Waals surface area contributed by atoms with Gasteiger partial charge in [0.1, 0.15) is 0 Å². The largest absolute Gasteiger partial charge is 0.478 e. The summed E-state index contributed by atoms with van der Waals surface area (Å²) in [6.45, 7) is 0. The van der Waals surface area contributed by atoms with Gasteiger partial charge in [0.15, 0.2) is 5.78 Å². The Morgan fingerprint density at radius 2 is 1.10 bits per heavy atom. The van der Waals surface area contributed by atoms with Crippen LogP contribution in [0.15, 0.2) is 30.3 Å². The van der Waals surface area contributed by atoms with Gasteiger partial charge in [-0.05, 0) is 12.1 Å². The van der Waals surface area contributed by atoms with Crippen LogP contribution in [0, 0.1) is 0 Å². The van der Waals surface area contributed by atoms with Crippen LogP contribution in [0.4, 0.5) is 5.69 Å². The second-order valence-corrected chi connectivity index (χ2v) is 11.4. The van der Waals surface area contributed by atoms with E-state index in [9.17, 15) is 29.4 Å². The average Bonchev–Trinajstić information content (AvgIpc) is 2.93. The summed E-state index contributed by atoms with van der Waals surface area (Å²) < 4.78 is 0. The fourth-order valence-electron chi connectivity index (χ4n) is 3.96. The third kappa shape index (κ3) is 5.83.